The summed E-state index contributed by atoms with van der Waals surface area (Å²) in [6, 6.07) is 4.45. The number of benzene rings is 2. The van der Waals surface area contributed by atoms with Gasteiger partial charge in [-0.3, -0.25) is 4.79 Å². The van der Waals surface area contributed by atoms with Crippen LogP contribution in [0.4, 0.5) is 26.7 Å². The van der Waals surface area contributed by atoms with Crippen molar-refractivity contribution in [2.24, 2.45) is 5.92 Å². The number of halogens is 5. The Hall–Kier alpha value is -3.21. The summed E-state index contributed by atoms with van der Waals surface area (Å²) in [5, 5.41) is 17.7. The fourth-order valence-electron chi connectivity index (χ4n) is 3.91. The Morgan fingerprint density at radius 2 is 1.75 bits per heavy atom. The molecule has 2 aliphatic rings. The molecule has 32 heavy (non-hydrogen) atoms. The number of carbonyl (C=O) groups excluding carboxylic acids is 2. The van der Waals surface area contributed by atoms with Crippen molar-refractivity contribution in [1.29, 1.82) is 0 Å². The van der Waals surface area contributed by atoms with Crippen molar-refractivity contribution in [1.82, 2.24) is 16.0 Å². The highest BCUT2D eigenvalue weighted by molar-refractivity contribution is 6.01. The Morgan fingerprint density at radius 1 is 1.12 bits per heavy atom. The zero-order valence-corrected chi connectivity index (χ0v) is 16.4. The summed E-state index contributed by atoms with van der Waals surface area (Å²) >= 11 is 0. The van der Waals surface area contributed by atoms with Crippen molar-refractivity contribution < 1.29 is 36.6 Å². The Labute approximate surface area is 178 Å². The summed E-state index contributed by atoms with van der Waals surface area (Å²) < 4.78 is 66.3. The first-order chi connectivity index (χ1) is 15.0. The maximum Gasteiger partial charge on any atom is 0.416 e. The molecule has 1 aliphatic heterocycles. The minimum atomic E-state index is -4.58. The van der Waals surface area contributed by atoms with Crippen molar-refractivity contribution in [3.8, 4) is 11.1 Å². The number of carbonyl (C=O) groups is 2. The third kappa shape index (κ3) is 3.99. The summed E-state index contributed by atoms with van der Waals surface area (Å²) in [4.78, 5) is 24.5. The van der Waals surface area contributed by atoms with Crippen LogP contribution < -0.4 is 16.0 Å². The Kier molecular flexibility index (Phi) is 5.32. The van der Waals surface area contributed by atoms with Crippen LogP contribution in [0.2, 0.25) is 0 Å². The lowest BCUT2D eigenvalue weighted by atomic mass is 9.91. The molecule has 6 nitrogen and oxygen atoms in total. The van der Waals surface area contributed by atoms with Crippen LogP contribution in [-0.4, -0.2) is 35.4 Å². The van der Waals surface area contributed by atoms with Crippen LogP contribution in [0.5, 0.6) is 0 Å². The van der Waals surface area contributed by atoms with E-state index in [1.165, 1.54) is 0 Å². The van der Waals surface area contributed by atoms with Gasteiger partial charge in [-0.25, -0.2) is 13.6 Å². The summed E-state index contributed by atoms with van der Waals surface area (Å²) in [6.07, 6.45) is -4.40. The number of alkyl halides is 3. The molecule has 1 heterocycles. The van der Waals surface area contributed by atoms with Crippen LogP contribution in [0.1, 0.15) is 28.8 Å². The summed E-state index contributed by atoms with van der Waals surface area (Å²) in [5.41, 5.74) is -2.42. The second-order valence-corrected chi connectivity index (χ2v) is 7.89. The average Bonchev–Trinajstić information content (AvgIpc) is 3.53. The lowest BCUT2D eigenvalue weighted by molar-refractivity contribution is -0.137. The largest absolute Gasteiger partial charge is 0.416 e. The molecule has 1 saturated heterocycles. The van der Waals surface area contributed by atoms with E-state index in [0.717, 1.165) is 43.2 Å². The van der Waals surface area contributed by atoms with Gasteiger partial charge in [0.1, 0.15) is 5.54 Å². The highest BCUT2D eigenvalue weighted by Gasteiger charge is 2.55. The number of urea groups is 1. The van der Waals surface area contributed by atoms with Crippen LogP contribution in [0, 0.1) is 17.6 Å². The van der Waals surface area contributed by atoms with E-state index in [4.69, 9.17) is 0 Å². The predicted molar refractivity (Wildman–Crippen MR) is 102 cm³/mol. The molecular weight excluding hydrogens is 437 g/mol. The van der Waals surface area contributed by atoms with Gasteiger partial charge >= 0.3 is 12.2 Å². The fraction of sp³-hybridized carbons (Fsp3) is 0.333. The van der Waals surface area contributed by atoms with Gasteiger partial charge in [-0.15, -0.1) is 0 Å². The second-order valence-electron chi connectivity index (χ2n) is 7.89. The van der Waals surface area contributed by atoms with E-state index in [9.17, 15) is 36.6 Å². The van der Waals surface area contributed by atoms with E-state index in [1.807, 2.05) is 0 Å². The number of amides is 3. The highest BCUT2D eigenvalue weighted by Crippen LogP contribution is 2.42. The van der Waals surface area contributed by atoms with E-state index in [-0.39, 0.29) is 29.2 Å². The Morgan fingerprint density at radius 3 is 2.28 bits per heavy atom. The zero-order valence-electron chi connectivity index (χ0n) is 16.4. The molecule has 2 aromatic carbocycles. The Balaban J connectivity index is 1.62. The molecule has 4 rings (SSSR count). The summed E-state index contributed by atoms with van der Waals surface area (Å²) in [7, 11) is 0. The van der Waals surface area contributed by atoms with Gasteiger partial charge < -0.3 is 21.1 Å². The van der Waals surface area contributed by atoms with E-state index in [2.05, 4.69) is 16.0 Å². The van der Waals surface area contributed by atoms with Crippen LogP contribution >= 0.6 is 0 Å². The van der Waals surface area contributed by atoms with Gasteiger partial charge in [0, 0.05) is 6.54 Å². The number of aliphatic hydroxyl groups excluding tert-OH is 1. The van der Waals surface area contributed by atoms with E-state index in [1.54, 1.807) is 0 Å². The van der Waals surface area contributed by atoms with Gasteiger partial charge in [-0.1, -0.05) is 12.1 Å². The van der Waals surface area contributed by atoms with Crippen LogP contribution in [0.3, 0.4) is 0 Å². The number of hydrogen-bond acceptors (Lipinski definition) is 3. The first kappa shape index (κ1) is 22.0. The van der Waals surface area contributed by atoms with Gasteiger partial charge in [0.2, 0.25) is 0 Å². The lowest BCUT2D eigenvalue weighted by Crippen LogP contribution is -2.59. The quantitative estimate of drug-likeness (QED) is 0.523. The average molecular weight is 455 g/mol. The van der Waals surface area contributed by atoms with Crippen molar-refractivity contribution in [3.63, 3.8) is 0 Å². The molecule has 3 amide bonds. The number of hydrogen-bond donors (Lipinski definition) is 4. The topological polar surface area (TPSA) is 90.5 Å². The second kappa shape index (κ2) is 7.73. The minimum Gasteiger partial charge on any atom is -0.371 e. The molecule has 2 aromatic rings. The smallest absolute Gasteiger partial charge is 0.371 e. The van der Waals surface area contributed by atoms with Crippen molar-refractivity contribution >= 4 is 11.9 Å². The van der Waals surface area contributed by atoms with E-state index >= 15 is 0 Å². The van der Waals surface area contributed by atoms with Crippen LogP contribution in [-0.2, 0) is 6.18 Å². The Bertz CT molecular complexity index is 1070. The van der Waals surface area contributed by atoms with Crippen molar-refractivity contribution in [2.45, 2.75) is 30.8 Å². The normalized spacial score (nSPS) is 22.9. The summed E-state index contributed by atoms with van der Waals surface area (Å²) in [5.74, 6) is -3.50. The molecular formula is C21H18F5N3O3. The third-order valence-corrected chi connectivity index (χ3v) is 5.78. The molecule has 4 N–H and O–H groups in total. The molecule has 0 radical (unpaired) electrons. The molecule has 2 fully saturated rings. The highest BCUT2D eigenvalue weighted by atomic mass is 19.4. The molecule has 170 valence electrons. The summed E-state index contributed by atoms with van der Waals surface area (Å²) in [6.45, 7) is -0.193. The maximum atomic E-state index is 13.9. The van der Waals surface area contributed by atoms with Gasteiger partial charge in [-0.2, -0.15) is 13.2 Å². The number of aliphatic hydroxyl groups is 1. The van der Waals surface area contributed by atoms with Gasteiger partial charge in [0.05, 0.1) is 11.1 Å². The molecule has 1 unspecified atom stereocenters. The maximum absolute atomic E-state index is 13.9. The van der Waals surface area contributed by atoms with Gasteiger partial charge in [0.15, 0.2) is 17.9 Å². The van der Waals surface area contributed by atoms with Crippen molar-refractivity contribution in [2.75, 3.05) is 6.54 Å². The van der Waals surface area contributed by atoms with Crippen molar-refractivity contribution in [3.05, 3.63) is 59.2 Å². The monoisotopic (exact) mass is 455 g/mol. The van der Waals surface area contributed by atoms with Gasteiger partial charge in [-0.05, 0) is 54.2 Å². The predicted octanol–water partition coefficient (Wildman–Crippen LogP) is 3.16. The molecule has 0 bridgehead atoms. The number of rotatable bonds is 5. The van der Waals surface area contributed by atoms with Crippen LogP contribution in [0.25, 0.3) is 11.1 Å². The molecule has 11 heteroatoms. The lowest BCUT2D eigenvalue weighted by Gasteiger charge is -2.31. The van der Waals surface area contributed by atoms with Gasteiger partial charge in [0.25, 0.3) is 5.91 Å². The molecule has 0 aromatic heterocycles. The first-order valence-corrected chi connectivity index (χ1v) is 9.73. The zero-order chi connectivity index (χ0) is 23.3. The fourth-order valence-corrected chi connectivity index (χ4v) is 3.91. The minimum absolute atomic E-state index is 0.0785. The SMILES string of the molecule is O=C1NC(O)[C@](CNC(=O)c2cc(F)c(F)cc2-c2ccc(C(F)(F)F)cc2)(C2CC2)N1. The molecule has 0 spiro atoms. The molecule has 1 saturated carbocycles. The van der Waals surface area contributed by atoms with Crippen LogP contribution in [0.15, 0.2) is 36.4 Å². The first-order valence-electron chi connectivity index (χ1n) is 9.73. The molecule has 1 aliphatic carbocycles. The number of nitrogens with one attached hydrogen (secondary N) is 3. The molecule has 2 atom stereocenters. The third-order valence-electron chi connectivity index (χ3n) is 5.78. The standard InChI is InChI=1S/C21H18F5N3O3/c22-15-7-13(10-1-3-12(4-2-10)21(24,25)26)14(8-16(15)23)17(30)27-9-20(11-5-6-11)18(31)28-19(32)29-20/h1-4,7-8,11,18,31H,5-6,9H2,(H,27,30)(H2,28,29,32)/t18?,20-/m0/s1. The van der Waals surface area contributed by atoms with E-state index in [0.29, 0.717) is 6.07 Å². The van der Waals surface area contributed by atoms with E-state index < -0.39 is 47.1 Å².